The Hall–Kier alpha value is -3.12. The minimum atomic E-state index is -4.41. The van der Waals surface area contributed by atoms with Crippen molar-refractivity contribution >= 4 is 22.4 Å². The van der Waals surface area contributed by atoms with E-state index in [1.165, 1.54) is 11.6 Å². The molecule has 0 aliphatic heterocycles. The minimum Gasteiger partial charge on any atom is -1.00 e. The second-order valence-corrected chi connectivity index (χ2v) is 8.44. The number of fused-ring (bicyclic) bond motifs is 1. The lowest BCUT2D eigenvalue weighted by Gasteiger charge is -2.19. The van der Waals surface area contributed by atoms with Crippen LogP contribution in [0.25, 0.3) is 22.3 Å². The number of rotatable bonds is 3. The number of hydrogen-bond acceptors (Lipinski definition) is 3. The van der Waals surface area contributed by atoms with E-state index in [0.717, 1.165) is 23.1 Å². The molecule has 4 rings (SSSR count). The molecule has 3 aromatic carbocycles. The van der Waals surface area contributed by atoms with Gasteiger partial charge in [-0.3, -0.25) is 0 Å². The number of benzene rings is 3. The van der Waals surface area contributed by atoms with Crippen molar-refractivity contribution in [2.24, 2.45) is 0 Å². The predicted molar refractivity (Wildman–Crippen MR) is 118 cm³/mol. The first-order valence-electron chi connectivity index (χ1n) is 9.93. The Kier molecular flexibility index (Phi) is 6.46. The molecule has 0 aliphatic rings. The monoisotopic (exact) mass is 456 g/mol. The third-order valence-corrected chi connectivity index (χ3v) is 5.06. The van der Waals surface area contributed by atoms with Crippen LogP contribution in [0.15, 0.2) is 72.8 Å². The van der Waals surface area contributed by atoms with Gasteiger partial charge in [0.15, 0.2) is 5.82 Å². The van der Waals surface area contributed by atoms with Gasteiger partial charge < -0.3 is 17.7 Å². The Balaban J connectivity index is 0.00000289. The van der Waals surface area contributed by atoms with Crippen molar-refractivity contribution in [2.45, 2.75) is 32.4 Å². The molecular weight excluding hydrogens is 435 g/mol. The number of para-hydroxylation sites is 1. The van der Waals surface area contributed by atoms with Gasteiger partial charge in [0.1, 0.15) is 5.82 Å². The van der Waals surface area contributed by atoms with Gasteiger partial charge in [0.05, 0.1) is 11.1 Å². The first-order valence-corrected chi connectivity index (χ1v) is 9.93. The molecule has 0 aliphatic carbocycles. The summed E-state index contributed by atoms with van der Waals surface area (Å²) in [7, 11) is 0. The fourth-order valence-corrected chi connectivity index (χ4v) is 3.33. The molecule has 3 nitrogen and oxygen atoms in total. The van der Waals surface area contributed by atoms with Gasteiger partial charge in [-0.15, -0.1) is 0 Å². The summed E-state index contributed by atoms with van der Waals surface area (Å²) in [4.78, 5) is 9.31. The zero-order chi connectivity index (χ0) is 22.2. The first kappa shape index (κ1) is 23.5. The number of nitrogens with one attached hydrogen (secondary N) is 1. The average Bonchev–Trinajstić information content (AvgIpc) is 2.73. The molecule has 1 aromatic heterocycles. The molecule has 1 N–H and O–H groups in total. The van der Waals surface area contributed by atoms with Crippen molar-refractivity contribution in [1.29, 1.82) is 0 Å². The Labute approximate surface area is 191 Å². The lowest BCUT2D eigenvalue weighted by molar-refractivity contribution is -0.137. The highest BCUT2D eigenvalue weighted by molar-refractivity contribution is 5.92. The molecule has 0 amide bonds. The second-order valence-electron chi connectivity index (χ2n) is 8.44. The maximum atomic E-state index is 13.1. The van der Waals surface area contributed by atoms with Gasteiger partial charge >= 0.3 is 6.18 Å². The number of hydrogen-bond donors (Lipinski definition) is 1. The molecule has 0 fully saturated rings. The van der Waals surface area contributed by atoms with Crippen molar-refractivity contribution in [3.8, 4) is 11.4 Å². The van der Waals surface area contributed by atoms with Crippen LogP contribution in [0.3, 0.4) is 0 Å². The van der Waals surface area contributed by atoms with E-state index in [4.69, 9.17) is 0 Å². The van der Waals surface area contributed by atoms with Gasteiger partial charge in [0, 0.05) is 16.6 Å². The average molecular weight is 457 g/mol. The molecule has 166 valence electrons. The molecule has 7 heteroatoms. The van der Waals surface area contributed by atoms with E-state index in [-0.39, 0.29) is 17.8 Å². The minimum absolute atomic E-state index is 0. The summed E-state index contributed by atoms with van der Waals surface area (Å²) in [5.74, 6) is 0.966. The van der Waals surface area contributed by atoms with E-state index < -0.39 is 11.7 Å². The van der Waals surface area contributed by atoms with Gasteiger partial charge in [0.25, 0.3) is 0 Å². The first-order chi connectivity index (χ1) is 14.6. The van der Waals surface area contributed by atoms with Crippen LogP contribution in [0.4, 0.5) is 24.7 Å². The van der Waals surface area contributed by atoms with Crippen molar-refractivity contribution in [1.82, 2.24) is 9.97 Å². The Bertz CT molecular complexity index is 1230. The number of anilines is 2. The molecule has 32 heavy (non-hydrogen) atoms. The zero-order valence-corrected chi connectivity index (χ0v) is 18.6. The van der Waals surface area contributed by atoms with Gasteiger partial charge in [-0.05, 0) is 41.3 Å². The highest BCUT2D eigenvalue weighted by Crippen LogP contribution is 2.33. The molecule has 0 bridgehead atoms. The molecular formula is C25H22ClF3N3-. The van der Waals surface area contributed by atoms with Crippen LogP contribution in [0.5, 0.6) is 0 Å². The van der Waals surface area contributed by atoms with E-state index in [0.29, 0.717) is 22.8 Å². The maximum Gasteiger partial charge on any atom is 0.416 e. The van der Waals surface area contributed by atoms with Crippen molar-refractivity contribution in [3.63, 3.8) is 0 Å². The van der Waals surface area contributed by atoms with Crippen LogP contribution in [-0.2, 0) is 11.6 Å². The summed E-state index contributed by atoms with van der Waals surface area (Å²) in [6.45, 7) is 6.43. The fraction of sp³-hybridized carbons (Fsp3) is 0.200. The zero-order valence-electron chi connectivity index (χ0n) is 17.8. The predicted octanol–water partition coefficient (Wildman–Crippen LogP) is 4.36. The van der Waals surface area contributed by atoms with Gasteiger partial charge in [-0.25, -0.2) is 9.97 Å². The summed E-state index contributed by atoms with van der Waals surface area (Å²) in [5.41, 5.74) is 2.37. The summed E-state index contributed by atoms with van der Waals surface area (Å²) in [5, 5.41) is 3.79. The third kappa shape index (κ3) is 5.02. The Morgan fingerprint density at radius 2 is 1.44 bits per heavy atom. The van der Waals surface area contributed by atoms with Gasteiger partial charge in [-0.2, -0.15) is 13.2 Å². The number of alkyl halides is 3. The van der Waals surface area contributed by atoms with Gasteiger partial charge in [-0.1, -0.05) is 63.2 Å². The number of aromatic nitrogens is 2. The van der Waals surface area contributed by atoms with Crippen molar-refractivity contribution in [2.75, 3.05) is 5.32 Å². The van der Waals surface area contributed by atoms with Crippen LogP contribution in [-0.4, -0.2) is 9.97 Å². The van der Waals surface area contributed by atoms with Crippen LogP contribution >= 0.6 is 0 Å². The van der Waals surface area contributed by atoms with E-state index in [1.54, 1.807) is 6.07 Å². The molecule has 4 aromatic rings. The Morgan fingerprint density at radius 1 is 0.750 bits per heavy atom. The summed E-state index contributed by atoms with van der Waals surface area (Å²) >= 11 is 0. The quantitative estimate of drug-likeness (QED) is 0.498. The highest BCUT2D eigenvalue weighted by Gasteiger charge is 2.30. The fourth-order valence-electron chi connectivity index (χ4n) is 3.33. The van der Waals surface area contributed by atoms with Gasteiger partial charge in [0.2, 0.25) is 0 Å². The SMILES string of the molecule is CC(C)(C)c1ccc(-c2nc(Nc3cccc(C(F)(F)F)c3)c3ccccc3n2)cc1.[Cl-]. The maximum absolute atomic E-state index is 13.1. The third-order valence-electron chi connectivity index (χ3n) is 5.06. The van der Waals surface area contributed by atoms with E-state index in [2.05, 4.69) is 36.1 Å². The lowest BCUT2D eigenvalue weighted by atomic mass is 9.87. The molecule has 1 heterocycles. The summed E-state index contributed by atoms with van der Waals surface area (Å²) in [6, 6.07) is 20.6. The normalized spacial score (nSPS) is 11.8. The smallest absolute Gasteiger partial charge is 0.416 e. The van der Waals surface area contributed by atoms with E-state index >= 15 is 0 Å². The summed E-state index contributed by atoms with van der Waals surface area (Å²) < 4.78 is 39.3. The Morgan fingerprint density at radius 3 is 2.09 bits per heavy atom. The van der Waals surface area contributed by atoms with Crippen LogP contribution in [0.2, 0.25) is 0 Å². The summed E-state index contributed by atoms with van der Waals surface area (Å²) in [6.07, 6.45) is -4.41. The molecule has 0 saturated heterocycles. The molecule has 0 saturated carbocycles. The number of halogens is 4. The van der Waals surface area contributed by atoms with Crippen molar-refractivity contribution in [3.05, 3.63) is 83.9 Å². The molecule has 0 unspecified atom stereocenters. The molecule has 0 atom stereocenters. The molecule has 0 spiro atoms. The highest BCUT2D eigenvalue weighted by atomic mass is 35.5. The number of nitrogens with zero attached hydrogens (tertiary/aromatic N) is 2. The van der Waals surface area contributed by atoms with Crippen LogP contribution in [0.1, 0.15) is 31.9 Å². The second kappa shape index (κ2) is 8.79. The standard InChI is InChI=1S/C25H22F3N3.ClH/c1-24(2,3)17-13-11-16(12-14-17)22-30-21-10-5-4-9-20(21)23(31-22)29-19-8-6-7-18(15-19)25(26,27)28;/h4-15H,1-3H3,(H,29,30,31);1H/p-1. The van der Waals surface area contributed by atoms with Crippen LogP contribution < -0.4 is 17.7 Å². The van der Waals surface area contributed by atoms with E-state index in [9.17, 15) is 13.2 Å². The largest absolute Gasteiger partial charge is 1.00 e. The van der Waals surface area contributed by atoms with Crippen molar-refractivity contribution < 1.29 is 25.6 Å². The molecule has 0 radical (unpaired) electrons. The topological polar surface area (TPSA) is 37.8 Å². The lowest BCUT2D eigenvalue weighted by Crippen LogP contribution is -3.00. The van der Waals surface area contributed by atoms with Crippen LogP contribution in [0, 0.1) is 0 Å². The van der Waals surface area contributed by atoms with E-state index in [1.807, 2.05) is 48.5 Å².